The summed E-state index contributed by atoms with van der Waals surface area (Å²) in [6.45, 7) is 1.40. The number of carboxylic acids is 1. The van der Waals surface area contributed by atoms with Gasteiger partial charge in [0.1, 0.15) is 0 Å². The fraction of sp³-hybridized carbons (Fsp3) is 0.300. The molecule has 0 atom stereocenters. The Kier molecular flexibility index (Phi) is 3.88. The van der Waals surface area contributed by atoms with Crippen molar-refractivity contribution in [1.82, 2.24) is 0 Å². The number of hydrogen-bond acceptors (Lipinski definition) is 3. The number of carboxylic acid groups (broad SMARTS) is 1. The van der Waals surface area contributed by atoms with Gasteiger partial charge >= 0.3 is 5.97 Å². The van der Waals surface area contributed by atoms with E-state index in [9.17, 15) is 15.0 Å². The van der Waals surface area contributed by atoms with Gasteiger partial charge in [-0.25, -0.2) is 4.79 Å². The summed E-state index contributed by atoms with van der Waals surface area (Å²) in [6, 6.07) is 0. The number of rotatable bonds is 3. The van der Waals surface area contributed by atoms with E-state index in [0.29, 0.717) is 0 Å². The lowest BCUT2D eigenvalue weighted by Crippen LogP contribution is -2.07. The standard InChI is InChI=1S/C10H10Cl2O4/c1-4-7(10(15)16)5(2-11)6(3-12)9(14)8(4)13/h13-14H,2-3H2,1H3,(H,15,16). The first kappa shape index (κ1) is 12.9. The Hall–Kier alpha value is -1.13. The van der Waals surface area contributed by atoms with Gasteiger partial charge in [0.05, 0.1) is 11.4 Å². The Labute approximate surface area is 102 Å². The topological polar surface area (TPSA) is 77.8 Å². The van der Waals surface area contributed by atoms with Crippen LogP contribution in [0.3, 0.4) is 0 Å². The van der Waals surface area contributed by atoms with E-state index in [2.05, 4.69) is 0 Å². The smallest absolute Gasteiger partial charge is 0.336 e. The Balaban J connectivity index is 3.72. The zero-order chi connectivity index (χ0) is 12.5. The second kappa shape index (κ2) is 4.80. The lowest BCUT2D eigenvalue weighted by atomic mass is 9.96. The molecule has 0 spiro atoms. The van der Waals surface area contributed by atoms with E-state index in [1.165, 1.54) is 6.92 Å². The summed E-state index contributed by atoms with van der Waals surface area (Å²) in [5, 5.41) is 28.2. The van der Waals surface area contributed by atoms with Gasteiger partial charge in [0.15, 0.2) is 11.5 Å². The molecule has 4 nitrogen and oxygen atoms in total. The van der Waals surface area contributed by atoms with Crippen LogP contribution in [0.4, 0.5) is 0 Å². The summed E-state index contributed by atoms with van der Waals surface area (Å²) in [5.41, 5.74) is 0.351. The zero-order valence-electron chi connectivity index (χ0n) is 8.42. The molecule has 16 heavy (non-hydrogen) atoms. The highest BCUT2D eigenvalue weighted by molar-refractivity contribution is 6.19. The highest BCUT2D eigenvalue weighted by Gasteiger charge is 2.23. The van der Waals surface area contributed by atoms with Crippen LogP contribution >= 0.6 is 23.2 Å². The number of halogens is 2. The highest BCUT2D eigenvalue weighted by Crippen LogP contribution is 2.39. The summed E-state index contributed by atoms with van der Waals surface area (Å²) in [6.07, 6.45) is 0. The van der Waals surface area contributed by atoms with Crippen LogP contribution in [0.25, 0.3) is 0 Å². The van der Waals surface area contributed by atoms with E-state index < -0.39 is 17.5 Å². The molecule has 1 aromatic rings. The SMILES string of the molecule is Cc1c(O)c(O)c(CCl)c(CCl)c1C(=O)O. The number of benzene rings is 1. The predicted octanol–water partition coefficient (Wildman–Crippen LogP) is 2.58. The van der Waals surface area contributed by atoms with Crippen LogP contribution in [-0.2, 0) is 11.8 Å². The van der Waals surface area contributed by atoms with Gasteiger partial charge in [-0.3, -0.25) is 0 Å². The minimum Gasteiger partial charge on any atom is -0.504 e. The number of phenols is 2. The number of aromatic carboxylic acids is 1. The molecule has 0 saturated heterocycles. The lowest BCUT2D eigenvalue weighted by Gasteiger charge is -2.15. The van der Waals surface area contributed by atoms with Gasteiger partial charge in [-0.05, 0) is 12.5 Å². The molecule has 0 heterocycles. The van der Waals surface area contributed by atoms with E-state index in [1.54, 1.807) is 0 Å². The molecule has 0 amide bonds. The molecule has 0 saturated carbocycles. The maximum atomic E-state index is 11.0. The molecule has 0 radical (unpaired) electrons. The van der Waals surface area contributed by atoms with Gasteiger partial charge in [0.2, 0.25) is 0 Å². The maximum Gasteiger partial charge on any atom is 0.336 e. The molecule has 0 bridgehead atoms. The van der Waals surface area contributed by atoms with Crippen LogP contribution in [0.2, 0.25) is 0 Å². The van der Waals surface area contributed by atoms with Crippen LogP contribution in [0.1, 0.15) is 27.0 Å². The molecule has 0 fully saturated rings. The largest absolute Gasteiger partial charge is 0.504 e. The van der Waals surface area contributed by atoms with Crippen LogP contribution in [0.15, 0.2) is 0 Å². The molecule has 0 aromatic heterocycles. The molecule has 3 N–H and O–H groups in total. The second-order valence-electron chi connectivity index (χ2n) is 3.23. The van der Waals surface area contributed by atoms with Crippen molar-refractivity contribution in [3.8, 4) is 11.5 Å². The molecule has 0 aliphatic heterocycles. The van der Waals surface area contributed by atoms with Crippen molar-refractivity contribution in [2.45, 2.75) is 18.7 Å². The number of hydrogen-bond donors (Lipinski definition) is 3. The average Bonchev–Trinajstić information content (AvgIpc) is 2.24. The van der Waals surface area contributed by atoms with Crippen LogP contribution in [-0.4, -0.2) is 21.3 Å². The van der Waals surface area contributed by atoms with E-state index in [-0.39, 0.29) is 34.0 Å². The van der Waals surface area contributed by atoms with Crippen molar-refractivity contribution in [3.63, 3.8) is 0 Å². The van der Waals surface area contributed by atoms with Crippen molar-refractivity contribution < 1.29 is 20.1 Å². The Morgan fingerprint density at radius 2 is 1.62 bits per heavy atom. The van der Waals surface area contributed by atoms with E-state index in [0.717, 1.165) is 0 Å². The van der Waals surface area contributed by atoms with Crippen molar-refractivity contribution in [2.24, 2.45) is 0 Å². The van der Waals surface area contributed by atoms with Crippen LogP contribution in [0, 0.1) is 6.92 Å². The van der Waals surface area contributed by atoms with Crippen LogP contribution < -0.4 is 0 Å². The lowest BCUT2D eigenvalue weighted by molar-refractivity contribution is 0.0694. The number of phenolic OH excluding ortho intramolecular Hbond substituents is 2. The summed E-state index contributed by atoms with van der Waals surface area (Å²) >= 11 is 11.2. The maximum absolute atomic E-state index is 11.0. The van der Waals surface area contributed by atoms with Gasteiger partial charge in [-0.1, -0.05) is 0 Å². The Morgan fingerprint density at radius 3 is 2.00 bits per heavy atom. The van der Waals surface area contributed by atoms with Gasteiger partial charge < -0.3 is 15.3 Å². The van der Waals surface area contributed by atoms with E-state index >= 15 is 0 Å². The van der Waals surface area contributed by atoms with Crippen molar-refractivity contribution in [3.05, 3.63) is 22.3 Å². The van der Waals surface area contributed by atoms with Gasteiger partial charge in [0.25, 0.3) is 0 Å². The monoisotopic (exact) mass is 264 g/mol. The van der Waals surface area contributed by atoms with Gasteiger partial charge in [-0.2, -0.15) is 0 Å². The van der Waals surface area contributed by atoms with Crippen molar-refractivity contribution >= 4 is 29.2 Å². The van der Waals surface area contributed by atoms with Crippen molar-refractivity contribution in [1.29, 1.82) is 0 Å². The first-order valence-corrected chi connectivity index (χ1v) is 5.44. The highest BCUT2D eigenvalue weighted by atomic mass is 35.5. The van der Waals surface area contributed by atoms with Gasteiger partial charge in [0, 0.05) is 17.0 Å². The third kappa shape index (κ3) is 1.90. The zero-order valence-corrected chi connectivity index (χ0v) is 9.93. The van der Waals surface area contributed by atoms with Gasteiger partial charge in [-0.15, -0.1) is 23.2 Å². The third-order valence-electron chi connectivity index (χ3n) is 2.39. The van der Waals surface area contributed by atoms with E-state index in [4.69, 9.17) is 28.3 Å². The minimum absolute atomic E-state index is 0.0783. The molecule has 0 aliphatic rings. The second-order valence-corrected chi connectivity index (χ2v) is 3.76. The fourth-order valence-electron chi connectivity index (χ4n) is 1.54. The first-order valence-electron chi connectivity index (χ1n) is 4.37. The molecular formula is C10H10Cl2O4. The number of aromatic hydroxyl groups is 2. The number of alkyl halides is 2. The molecule has 6 heteroatoms. The summed E-state index contributed by atoms with van der Waals surface area (Å²) in [4.78, 5) is 11.0. The number of carbonyl (C=O) groups is 1. The van der Waals surface area contributed by atoms with Crippen LogP contribution in [0.5, 0.6) is 11.5 Å². The quantitative estimate of drug-likeness (QED) is 0.579. The van der Waals surface area contributed by atoms with E-state index in [1.807, 2.05) is 0 Å². The molecule has 1 aromatic carbocycles. The Bertz CT molecular complexity index is 443. The average molecular weight is 265 g/mol. The molecule has 88 valence electrons. The molecule has 0 aliphatic carbocycles. The summed E-state index contributed by atoms with van der Waals surface area (Å²) < 4.78 is 0. The first-order chi connectivity index (χ1) is 7.45. The molecular weight excluding hydrogens is 255 g/mol. The third-order valence-corrected chi connectivity index (χ3v) is 2.92. The Morgan fingerprint density at radius 1 is 1.12 bits per heavy atom. The van der Waals surface area contributed by atoms with Crippen molar-refractivity contribution in [2.75, 3.05) is 0 Å². The molecule has 0 unspecified atom stereocenters. The summed E-state index contributed by atoms with van der Waals surface area (Å²) in [5.74, 6) is -2.31. The minimum atomic E-state index is -1.21. The predicted molar refractivity (Wildman–Crippen MR) is 60.6 cm³/mol. The normalized spacial score (nSPS) is 10.4. The summed E-state index contributed by atoms with van der Waals surface area (Å²) in [7, 11) is 0. The fourth-order valence-corrected chi connectivity index (χ4v) is 2.12. The molecule has 1 rings (SSSR count).